The van der Waals surface area contributed by atoms with E-state index in [-0.39, 0.29) is 43.3 Å². The summed E-state index contributed by atoms with van der Waals surface area (Å²) < 4.78 is 63.6. The molecule has 21 atom stereocenters. The Morgan fingerprint density at radius 3 is 2.30 bits per heavy atom. The molecule has 0 aromatic rings. The number of aliphatic hydroxyl groups is 4. The maximum Gasteiger partial charge on any atom is 0.316 e. The fourth-order valence-corrected chi connectivity index (χ4v) is 11.0. The third-order valence-corrected chi connectivity index (χ3v) is 15.0. The molecule has 0 radical (unpaired) electrons. The van der Waals surface area contributed by atoms with E-state index in [9.17, 15) is 25.2 Å². The number of methoxy groups -OCH3 is 2. The fraction of sp³-hybridized carbons (Fsp3) is 0.812. The highest BCUT2D eigenvalue weighted by molar-refractivity contribution is 5.78. The highest BCUT2D eigenvalue weighted by Gasteiger charge is 2.60. The van der Waals surface area contributed by atoms with Crippen molar-refractivity contribution in [2.24, 2.45) is 23.7 Å². The standard InChI is InChI=1S/C48H74O15/c1-11-24(2)43-28(6)35(49)22-47(63-43)21-33-18-32(62-47)16-15-26(4)42(25(3)13-12-14-31-23-56-45-40(50)27(5)17-34(46(52)59-33)48(31,45)53)60-39-20-37(55-10)44(30(8)58-39)61-38-19-36(54-9)41(51)29(7)57-38/h12-15,17,24-25,28-30,32-45,49-51,53H,11,16,18-23H2,1-10H3/b13-12+,26-15+,31-14+/t24?,25-,28-,29?,30?,32?,33?,34?,35?,36?,37?,38?,39?,40?,41-,42-,43?,44-,45?,47?,48+/m0/s1. The van der Waals surface area contributed by atoms with E-state index in [0.717, 1.165) is 12.0 Å². The predicted octanol–water partition coefficient (Wildman–Crippen LogP) is 4.57. The minimum absolute atomic E-state index is 0.0109. The lowest BCUT2D eigenvalue weighted by Gasteiger charge is -2.52. The van der Waals surface area contributed by atoms with Gasteiger partial charge in [0.15, 0.2) is 18.4 Å². The maximum absolute atomic E-state index is 14.4. The zero-order chi connectivity index (χ0) is 45.5. The quantitative estimate of drug-likeness (QED) is 0.196. The molecule has 0 amide bonds. The highest BCUT2D eigenvalue weighted by atomic mass is 16.7. The minimum Gasteiger partial charge on any atom is -0.462 e. The van der Waals surface area contributed by atoms with Crippen LogP contribution < -0.4 is 0 Å². The van der Waals surface area contributed by atoms with Gasteiger partial charge < -0.3 is 67.8 Å². The summed E-state index contributed by atoms with van der Waals surface area (Å²) in [5, 5.41) is 45.7. The zero-order valence-corrected chi connectivity index (χ0v) is 38.8. The SMILES string of the molecule is CCC(C)C1OC2(CC3CC(C/C=C(\C)[C@@H](OC4CC(OC)[C@@H](OC5CC(OC)[C@@H](O)C(C)O5)C(C)O4)[C@@H](C)/C=C/C=C4\COC5C(O)C(C)=CC(C(=O)O3)[C@]45O)O2)CC(O)[C@@H]1C. The first-order chi connectivity index (χ1) is 29.9. The molecule has 15 nitrogen and oxygen atoms in total. The molecule has 15 unspecified atom stereocenters. The number of hydrogen-bond acceptors (Lipinski definition) is 15. The van der Waals surface area contributed by atoms with E-state index in [4.69, 9.17) is 47.4 Å². The molecule has 5 fully saturated rings. The average Bonchev–Trinajstić information content (AvgIpc) is 3.59. The summed E-state index contributed by atoms with van der Waals surface area (Å²) in [5.41, 5.74) is 0.0234. The van der Waals surface area contributed by atoms with Crippen molar-refractivity contribution in [3.8, 4) is 0 Å². The summed E-state index contributed by atoms with van der Waals surface area (Å²) in [6.45, 7) is 15.7. The summed E-state index contributed by atoms with van der Waals surface area (Å²) in [6, 6.07) is 0. The predicted molar refractivity (Wildman–Crippen MR) is 229 cm³/mol. The van der Waals surface area contributed by atoms with Gasteiger partial charge in [-0.1, -0.05) is 64.5 Å². The largest absolute Gasteiger partial charge is 0.462 e. The van der Waals surface area contributed by atoms with Gasteiger partial charge in [-0.3, -0.25) is 4.79 Å². The van der Waals surface area contributed by atoms with Crippen molar-refractivity contribution in [3.63, 3.8) is 0 Å². The van der Waals surface area contributed by atoms with E-state index in [2.05, 4.69) is 19.9 Å². The first-order valence-electron chi connectivity index (χ1n) is 23.3. The van der Waals surface area contributed by atoms with E-state index in [1.54, 1.807) is 40.2 Å². The van der Waals surface area contributed by atoms with E-state index < -0.39 is 109 Å². The van der Waals surface area contributed by atoms with Crippen molar-refractivity contribution < 1.29 is 72.6 Å². The van der Waals surface area contributed by atoms with Gasteiger partial charge in [0.05, 0.1) is 55.4 Å². The van der Waals surface area contributed by atoms with Crippen LogP contribution in [0.5, 0.6) is 0 Å². The third kappa shape index (κ3) is 9.98. The second kappa shape index (κ2) is 20.0. The molecule has 1 aliphatic carbocycles. The molecule has 7 rings (SSSR count). The Kier molecular flexibility index (Phi) is 15.5. The normalized spacial score (nSPS) is 50.0. The molecule has 0 aromatic carbocycles. The molecular weight excluding hydrogens is 817 g/mol. The molecule has 15 heteroatoms. The Bertz CT molecular complexity index is 1710. The van der Waals surface area contributed by atoms with Crippen LogP contribution >= 0.6 is 0 Å². The van der Waals surface area contributed by atoms with Gasteiger partial charge in [-0.15, -0.1) is 0 Å². The van der Waals surface area contributed by atoms with Gasteiger partial charge in [-0.05, 0) is 56.8 Å². The van der Waals surface area contributed by atoms with Gasteiger partial charge in [0, 0.05) is 58.2 Å². The van der Waals surface area contributed by atoms with Crippen LogP contribution in [0.1, 0.15) is 100 Å². The minimum atomic E-state index is -1.87. The van der Waals surface area contributed by atoms with Crippen LogP contribution in [0.15, 0.2) is 47.1 Å². The summed E-state index contributed by atoms with van der Waals surface area (Å²) >= 11 is 0. The number of hydrogen-bond donors (Lipinski definition) is 4. The highest BCUT2D eigenvalue weighted by Crippen LogP contribution is 2.48. The van der Waals surface area contributed by atoms with Crippen molar-refractivity contribution in [2.45, 2.75) is 204 Å². The van der Waals surface area contributed by atoms with Crippen molar-refractivity contribution >= 4 is 5.97 Å². The Balaban J connectivity index is 1.19. The second-order valence-corrected chi connectivity index (χ2v) is 19.5. The summed E-state index contributed by atoms with van der Waals surface area (Å²) in [7, 11) is 3.20. The Hall–Kier alpha value is -2.09. The third-order valence-electron chi connectivity index (χ3n) is 15.0. The summed E-state index contributed by atoms with van der Waals surface area (Å²) in [4.78, 5) is 14.4. The smallest absolute Gasteiger partial charge is 0.316 e. The number of aliphatic hydroxyl groups excluding tert-OH is 3. The molecule has 356 valence electrons. The molecule has 5 saturated heterocycles. The number of fused-ring (bicyclic) bond motifs is 2. The summed E-state index contributed by atoms with van der Waals surface area (Å²) in [5.74, 6) is -3.19. The summed E-state index contributed by atoms with van der Waals surface area (Å²) in [6.07, 6.45) is 3.00. The first-order valence-corrected chi connectivity index (χ1v) is 23.3. The van der Waals surface area contributed by atoms with Gasteiger partial charge in [0.1, 0.15) is 42.0 Å². The molecule has 63 heavy (non-hydrogen) atoms. The van der Waals surface area contributed by atoms with Crippen LogP contribution in [-0.4, -0.2) is 151 Å². The Labute approximate surface area is 373 Å². The fourth-order valence-electron chi connectivity index (χ4n) is 11.0. The molecule has 6 heterocycles. The molecular formula is C48H74O15. The van der Waals surface area contributed by atoms with Crippen molar-refractivity contribution in [1.29, 1.82) is 0 Å². The lowest BCUT2D eigenvalue weighted by molar-refractivity contribution is -0.354. The van der Waals surface area contributed by atoms with Gasteiger partial charge in [-0.25, -0.2) is 0 Å². The maximum atomic E-state index is 14.4. The average molecular weight is 891 g/mol. The van der Waals surface area contributed by atoms with E-state index in [1.165, 1.54) is 0 Å². The van der Waals surface area contributed by atoms with Gasteiger partial charge in [0.2, 0.25) is 0 Å². The molecule has 4 N–H and O–H groups in total. The number of esters is 1. The molecule has 2 bridgehead atoms. The van der Waals surface area contributed by atoms with Crippen LogP contribution in [0.3, 0.4) is 0 Å². The van der Waals surface area contributed by atoms with Crippen LogP contribution in [0.25, 0.3) is 0 Å². The van der Waals surface area contributed by atoms with E-state index in [1.807, 2.05) is 39.8 Å². The molecule has 0 aromatic heterocycles. The van der Waals surface area contributed by atoms with Crippen LogP contribution in [0.2, 0.25) is 0 Å². The van der Waals surface area contributed by atoms with Crippen LogP contribution in [0, 0.1) is 23.7 Å². The van der Waals surface area contributed by atoms with E-state index in [0.29, 0.717) is 36.8 Å². The number of carbonyl (C=O) groups excluding carboxylic acids is 1. The van der Waals surface area contributed by atoms with Crippen molar-refractivity contribution in [2.75, 3.05) is 20.8 Å². The molecule has 0 saturated carbocycles. The molecule has 6 aliphatic heterocycles. The van der Waals surface area contributed by atoms with Crippen molar-refractivity contribution in [1.82, 2.24) is 0 Å². The van der Waals surface area contributed by atoms with E-state index >= 15 is 0 Å². The zero-order valence-electron chi connectivity index (χ0n) is 38.8. The Morgan fingerprint density at radius 1 is 0.889 bits per heavy atom. The number of rotatable bonds is 8. The van der Waals surface area contributed by atoms with Crippen molar-refractivity contribution in [3.05, 3.63) is 47.1 Å². The van der Waals surface area contributed by atoms with Gasteiger partial charge >= 0.3 is 5.97 Å². The first kappa shape index (κ1) is 48.8. The number of allylic oxidation sites excluding steroid dienone is 2. The second-order valence-electron chi connectivity index (χ2n) is 19.5. The monoisotopic (exact) mass is 891 g/mol. The van der Waals surface area contributed by atoms with Gasteiger partial charge in [0.25, 0.3) is 0 Å². The Morgan fingerprint density at radius 2 is 1.59 bits per heavy atom. The topological polar surface area (TPSA) is 190 Å². The number of ether oxygens (including phenoxy) is 10. The van der Waals surface area contributed by atoms with Gasteiger partial charge in [-0.2, -0.15) is 0 Å². The molecule has 1 spiro atoms. The lowest BCUT2D eigenvalue weighted by atomic mass is 9.71. The van der Waals surface area contributed by atoms with Crippen LogP contribution in [-0.2, 0) is 52.2 Å². The molecule has 7 aliphatic rings. The van der Waals surface area contributed by atoms with Crippen LogP contribution in [0.4, 0.5) is 0 Å². The lowest BCUT2D eigenvalue weighted by Crippen LogP contribution is -2.60. The number of carbonyl (C=O) groups is 1.